The van der Waals surface area contributed by atoms with Gasteiger partial charge in [0.25, 0.3) is 0 Å². The summed E-state index contributed by atoms with van der Waals surface area (Å²) >= 11 is 0. The highest BCUT2D eigenvalue weighted by atomic mass is 16.5. The Morgan fingerprint density at radius 3 is 0.813 bits per heavy atom. The van der Waals surface area contributed by atoms with Crippen molar-refractivity contribution in [2.24, 2.45) is 5.92 Å². The molecule has 0 N–H and O–H groups in total. The molecule has 2 unspecified atom stereocenters. The fraction of sp³-hybridized carbons (Fsp3) is 0.141. The standard InChI is InChI=1S/C43H40N2O2.C42H40N2/c1-5-33(4)43(46)47-42-27-25-39(26-28-42)45(41-16-10-12-32(3)30-41)38-23-19-35(20-24-38)34-17-21-37(22-18-34)44(36-13-7-6-8-14-36)40-15-9-11-31(2)29-40;1-5-33(4)34-17-23-38(24-18-34)44(42-16-10-12-32(3)30-42)40-27-21-36(22-28-40)35-19-25-39(26-20-35)43(37-13-7-6-8-14-37)41-15-9-11-31(2)29-41/h6-30,33H,5H2,1-4H3;6-30,33H,5H2,1-4H3. The van der Waals surface area contributed by atoms with Crippen LogP contribution in [0.15, 0.2) is 303 Å². The quantitative estimate of drug-likeness (QED) is 0.0593. The van der Waals surface area contributed by atoms with E-state index in [-0.39, 0.29) is 11.9 Å². The lowest BCUT2D eigenvalue weighted by atomic mass is 9.98. The van der Waals surface area contributed by atoms with Crippen molar-refractivity contribution in [3.05, 3.63) is 331 Å². The molecule has 0 aliphatic rings. The minimum absolute atomic E-state index is 0.135. The summed E-state index contributed by atoms with van der Waals surface area (Å²) in [6, 6.07) is 108. The van der Waals surface area contributed by atoms with E-state index in [0.29, 0.717) is 11.7 Å². The van der Waals surface area contributed by atoms with Gasteiger partial charge in [0.2, 0.25) is 0 Å². The van der Waals surface area contributed by atoms with E-state index in [2.05, 4.69) is 334 Å². The Labute approximate surface area is 539 Å². The van der Waals surface area contributed by atoms with E-state index < -0.39 is 0 Å². The topological polar surface area (TPSA) is 39.3 Å². The summed E-state index contributed by atoms with van der Waals surface area (Å²) in [5, 5.41) is 0. The molecule has 6 nitrogen and oxygen atoms in total. The number of rotatable bonds is 19. The van der Waals surface area contributed by atoms with Crippen molar-refractivity contribution in [2.75, 3.05) is 19.6 Å². The Morgan fingerprint density at radius 2 is 0.549 bits per heavy atom. The highest BCUT2D eigenvalue weighted by Gasteiger charge is 2.20. The highest BCUT2D eigenvalue weighted by molar-refractivity contribution is 5.84. The molecular weight excluding hydrogens is 1110 g/mol. The molecule has 0 saturated carbocycles. The second-order valence-electron chi connectivity index (χ2n) is 23.7. The number of benzene rings is 12. The van der Waals surface area contributed by atoms with Gasteiger partial charge in [-0.3, -0.25) is 4.79 Å². The van der Waals surface area contributed by atoms with Crippen LogP contribution in [-0.2, 0) is 4.79 Å². The molecule has 91 heavy (non-hydrogen) atoms. The summed E-state index contributed by atoms with van der Waals surface area (Å²) in [5.41, 5.74) is 24.3. The first kappa shape index (κ1) is 61.9. The maximum atomic E-state index is 12.4. The number of hydrogen-bond donors (Lipinski definition) is 0. The van der Waals surface area contributed by atoms with Crippen LogP contribution < -0.4 is 24.3 Å². The first-order valence-electron chi connectivity index (χ1n) is 31.8. The summed E-state index contributed by atoms with van der Waals surface area (Å²) in [6.45, 7) is 16.9. The molecule has 12 rings (SSSR count). The number of para-hydroxylation sites is 2. The molecule has 0 radical (unpaired) electrons. The second kappa shape index (κ2) is 29.1. The van der Waals surface area contributed by atoms with Gasteiger partial charge in [-0.25, -0.2) is 0 Å². The largest absolute Gasteiger partial charge is 0.426 e. The minimum Gasteiger partial charge on any atom is -0.426 e. The van der Waals surface area contributed by atoms with Crippen molar-refractivity contribution in [2.45, 2.75) is 74.1 Å². The van der Waals surface area contributed by atoms with E-state index >= 15 is 0 Å². The Hall–Kier alpha value is -10.7. The SMILES string of the molecule is CCC(C)C(=O)Oc1ccc(N(c2ccc(-c3ccc(N(c4ccccc4)c4cccc(C)c4)cc3)cc2)c2cccc(C)c2)cc1.CCC(C)c1ccc(N(c2ccc(-c3ccc(N(c4ccccc4)c4cccc(C)c4)cc3)cc2)c2cccc(C)c2)cc1. The van der Waals surface area contributed by atoms with Crippen LogP contribution in [0.2, 0.25) is 0 Å². The van der Waals surface area contributed by atoms with Crippen molar-refractivity contribution < 1.29 is 9.53 Å². The molecule has 12 aromatic carbocycles. The Morgan fingerprint density at radius 1 is 0.297 bits per heavy atom. The molecule has 0 aliphatic carbocycles. The molecule has 452 valence electrons. The molecule has 0 aromatic heterocycles. The zero-order valence-electron chi connectivity index (χ0n) is 53.5. The first-order chi connectivity index (χ1) is 44.4. The van der Waals surface area contributed by atoms with E-state index in [4.69, 9.17) is 4.74 Å². The molecule has 2 atom stereocenters. The Kier molecular flexibility index (Phi) is 19.8. The molecule has 12 aromatic rings. The summed E-state index contributed by atoms with van der Waals surface area (Å²) < 4.78 is 5.62. The van der Waals surface area contributed by atoms with Crippen LogP contribution in [0.1, 0.15) is 74.3 Å². The van der Waals surface area contributed by atoms with Gasteiger partial charge >= 0.3 is 5.97 Å². The maximum absolute atomic E-state index is 12.4. The minimum atomic E-state index is -0.206. The van der Waals surface area contributed by atoms with Gasteiger partial charge < -0.3 is 24.3 Å². The predicted molar refractivity (Wildman–Crippen MR) is 385 cm³/mol. The average Bonchev–Trinajstić information content (AvgIpc) is 1.21. The van der Waals surface area contributed by atoms with Crippen molar-refractivity contribution in [3.8, 4) is 28.0 Å². The smallest absolute Gasteiger partial charge is 0.314 e. The molecular formula is C85H80N4O2. The van der Waals surface area contributed by atoms with E-state index in [1.807, 2.05) is 44.2 Å². The molecule has 0 bridgehead atoms. The third-order valence-corrected chi connectivity index (χ3v) is 16.9. The summed E-state index contributed by atoms with van der Waals surface area (Å²) in [7, 11) is 0. The maximum Gasteiger partial charge on any atom is 0.314 e. The first-order valence-corrected chi connectivity index (χ1v) is 31.8. The van der Waals surface area contributed by atoms with E-state index in [9.17, 15) is 4.79 Å². The highest BCUT2D eigenvalue weighted by Crippen LogP contribution is 2.42. The van der Waals surface area contributed by atoms with Gasteiger partial charge in [-0.05, 0) is 254 Å². The van der Waals surface area contributed by atoms with Crippen molar-refractivity contribution in [3.63, 3.8) is 0 Å². The second-order valence-corrected chi connectivity index (χ2v) is 23.7. The number of esters is 1. The lowest BCUT2D eigenvalue weighted by Gasteiger charge is -2.27. The van der Waals surface area contributed by atoms with Gasteiger partial charge in [-0.1, -0.05) is 173 Å². The van der Waals surface area contributed by atoms with Crippen molar-refractivity contribution in [1.29, 1.82) is 0 Å². The normalized spacial score (nSPS) is 11.6. The van der Waals surface area contributed by atoms with Gasteiger partial charge in [-0.2, -0.15) is 0 Å². The van der Waals surface area contributed by atoms with Crippen LogP contribution in [0.25, 0.3) is 22.3 Å². The van der Waals surface area contributed by atoms with E-state index in [1.165, 1.54) is 38.9 Å². The molecule has 0 heterocycles. The summed E-state index contributed by atoms with van der Waals surface area (Å²) in [6.07, 6.45) is 1.89. The van der Waals surface area contributed by atoms with Crippen molar-refractivity contribution in [1.82, 2.24) is 0 Å². The van der Waals surface area contributed by atoms with Crippen LogP contribution in [0.5, 0.6) is 5.75 Å². The van der Waals surface area contributed by atoms with E-state index in [1.54, 1.807) is 0 Å². The monoisotopic (exact) mass is 1190 g/mol. The lowest BCUT2D eigenvalue weighted by Crippen LogP contribution is -2.17. The third-order valence-electron chi connectivity index (χ3n) is 16.9. The molecule has 0 saturated heterocycles. The lowest BCUT2D eigenvalue weighted by molar-refractivity contribution is -0.138. The number of nitrogens with zero attached hydrogens (tertiary/aromatic N) is 4. The Balaban J connectivity index is 0.000000187. The van der Waals surface area contributed by atoms with Gasteiger partial charge in [0, 0.05) is 68.2 Å². The number of anilines is 12. The molecule has 0 amide bonds. The molecule has 6 heteroatoms. The van der Waals surface area contributed by atoms with Crippen molar-refractivity contribution >= 4 is 74.2 Å². The van der Waals surface area contributed by atoms with Crippen LogP contribution in [0, 0.1) is 33.6 Å². The number of hydrogen-bond acceptors (Lipinski definition) is 6. The Bertz CT molecular complexity index is 4300. The zero-order chi connectivity index (χ0) is 63.2. The number of carbonyl (C=O) groups excluding carboxylic acids is 1. The third kappa shape index (κ3) is 15.1. The molecule has 0 fully saturated rings. The van der Waals surface area contributed by atoms with Crippen LogP contribution in [-0.4, -0.2) is 5.97 Å². The number of carbonyl (C=O) groups is 1. The molecule has 0 spiro atoms. The van der Waals surface area contributed by atoms with Crippen LogP contribution in [0.3, 0.4) is 0 Å². The average molecular weight is 1190 g/mol. The predicted octanol–water partition coefficient (Wildman–Crippen LogP) is 24.3. The summed E-state index contributed by atoms with van der Waals surface area (Å²) in [5.74, 6) is 0.764. The number of aryl methyl sites for hydroxylation is 4. The van der Waals surface area contributed by atoms with Gasteiger partial charge in [-0.15, -0.1) is 0 Å². The van der Waals surface area contributed by atoms with Crippen LogP contribution >= 0.6 is 0 Å². The fourth-order valence-corrected chi connectivity index (χ4v) is 11.5. The zero-order valence-corrected chi connectivity index (χ0v) is 53.5. The fourth-order valence-electron chi connectivity index (χ4n) is 11.5. The van der Waals surface area contributed by atoms with Gasteiger partial charge in [0.15, 0.2) is 0 Å². The van der Waals surface area contributed by atoms with E-state index in [0.717, 1.165) is 92.2 Å². The van der Waals surface area contributed by atoms with Crippen LogP contribution in [0.4, 0.5) is 68.2 Å². The van der Waals surface area contributed by atoms with Gasteiger partial charge in [0.05, 0.1) is 5.92 Å². The van der Waals surface area contributed by atoms with Gasteiger partial charge in [0.1, 0.15) is 5.75 Å². The summed E-state index contributed by atoms with van der Waals surface area (Å²) in [4.78, 5) is 21.5. The number of ether oxygens (including phenoxy) is 1. The molecule has 0 aliphatic heterocycles.